The van der Waals surface area contributed by atoms with E-state index >= 15 is 0 Å². The van der Waals surface area contributed by atoms with Crippen molar-refractivity contribution in [2.75, 3.05) is 6.61 Å². The summed E-state index contributed by atoms with van der Waals surface area (Å²) in [4.78, 5) is 0. The maximum absolute atomic E-state index is 9.37. The van der Waals surface area contributed by atoms with Gasteiger partial charge in [0.15, 0.2) is 0 Å². The lowest BCUT2D eigenvalue weighted by Crippen LogP contribution is -2.18. The van der Waals surface area contributed by atoms with Gasteiger partial charge in [-0.2, -0.15) is 0 Å². The van der Waals surface area contributed by atoms with Crippen LogP contribution in [0.4, 0.5) is 0 Å². The smallest absolute Gasteiger partial charge is 0.120 e. The second kappa shape index (κ2) is 5.76. The van der Waals surface area contributed by atoms with Crippen LogP contribution in [-0.4, -0.2) is 11.7 Å². The number of halogens is 1. The van der Waals surface area contributed by atoms with E-state index in [4.69, 9.17) is 22.1 Å². The maximum atomic E-state index is 9.37. The molecular weight excluding hydrogens is 250 g/mol. The van der Waals surface area contributed by atoms with Crippen LogP contribution in [0.5, 0.6) is 11.5 Å². The fraction of sp³-hybridized carbons (Fsp3) is 0.143. The van der Waals surface area contributed by atoms with Crippen molar-refractivity contribution in [3.05, 3.63) is 59.1 Å². The van der Waals surface area contributed by atoms with Gasteiger partial charge in [0.2, 0.25) is 0 Å². The molecule has 0 saturated heterocycles. The van der Waals surface area contributed by atoms with Crippen LogP contribution in [0.25, 0.3) is 0 Å². The van der Waals surface area contributed by atoms with E-state index in [-0.39, 0.29) is 11.8 Å². The Balaban J connectivity index is 1.98. The fourth-order valence-electron chi connectivity index (χ4n) is 1.59. The molecule has 0 bridgehead atoms. The molecule has 0 fully saturated rings. The van der Waals surface area contributed by atoms with Gasteiger partial charge in [-0.25, -0.2) is 0 Å². The third kappa shape index (κ3) is 3.39. The summed E-state index contributed by atoms with van der Waals surface area (Å²) < 4.78 is 5.55. The zero-order valence-corrected chi connectivity index (χ0v) is 10.5. The second-order valence-electron chi connectivity index (χ2n) is 3.97. The highest BCUT2D eigenvalue weighted by Crippen LogP contribution is 2.20. The van der Waals surface area contributed by atoms with Gasteiger partial charge in [-0.1, -0.05) is 29.8 Å². The van der Waals surface area contributed by atoms with E-state index < -0.39 is 0 Å². The minimum atomic E-state index is -0.295. The molecule has 1 atom stereocenters. The normalized spacial score (nSPS) is 12.1. The monoisotopic (exact) mass is 263 g/mol. The van der Waals surface area contributed by atoms with Gasteiger partial charge in [-0.3, -0.25) is 0 Å². The van der Waals surface area contributed by atoms with E-state index in [0.29, 0.717) is 17.4 Å². The first kappa shape index (κ1) is 12.7. The van der Waals surface area contributed by atoms with Crippen LogP contribution in [0, 0.1) is 0 Å². The minimum Gasteiger partial charge on any atom is -0.508 e. The summed E-state index contributed by atoms with van der Waals surface area (Å²) in [6.07, 6.45) is 0. The van der Waals surface area contributed by atoms with Gasteiger partial charge in [0, 0.05) is 5.02 Å². The molecule has 18 heavy (non-hydrogen) atoms. The molecule has 0 amide bonds. The van der Waals surface area contributed by atoms with E-state index in [1.54, 1.807) is 30.3 Å². The van der Waals surface area contributed by atoms with Crippen LogP contribution in [-0.2, 0) is 0 Å². The average Bonchev–Trinajstić information content (AvgIpc) is 2.36. The highest BCUT2D eigenvalue weighted by molar-refractivity contribution is 6.30. The lowest BCUT2D eigenvalue weighted by Gasteiger charge is -2.14. The molecular formula is C14H14ClNO2. The Bertz CT molecular complexity index is 531. The Morgan fingerprint density at radius 3 is 2.67 bits per heavy atom. The quantitative estimate of drug-likeness (QED) is 0.891. The lowest BCUT2D eigenvalue weighted by atomic mass is 10.1. The number of phenolic OH excluding ortho intramolecular Hbond substituents is 1. The zero-order valence-electron chi connectivity index (χ0n) is 9.71. The van der Waals surface area contributed by atoms with Gasteiger partial charge in [-0.05, 0) is 35.9 Å². The molecule has 3 nitrogen and oxygen atoms in total. The third-order valence-electron chi connectivity index (χ3n) is 2.52. The molecule has 94 valence electrons. The van der Waals surface area contributed by atoms with Crippen molar-refractivity contribution in [3.8, 4) is 11.5 Å². The molecule has 3 N–H and O–H groups in total. The Morgan fingerprint density at radius 1 is 1.17 bits per heavy atom. The number of aromatic hydroxyl groups is 1. The molecule has 0 heterocycles. The molecule has 0 spiro atoms. The molecule has 0 aliphatic rings. The number of ether oxygens (including phenoxy) is 1. The Hall–Kier alpha value is -1.71. The van der Waals surface area contributed by atoms with Crippen LogP contribution in [0.1, 0.15) is 11.6 Å². The lowest BCUT2D eigenvalue weighted by molar-refractivity contribution is 0.290. The number of benzene rings is 2. The Labute approximate surface area is 111 Å². The first-order chi connectivity index (χ1) is 8.65. The summed E-state index contributed by atoms with van der Waals surface area (Å²) in [5.41, 5.74) is 6.81. The van der Waals surface area contributed by atoms with Crippen LogP contribution < -0.4 is 10.5 Å². The molecule has 2 aromatic rings. The number of rotatable bonds is 4. The highest BCUT2D eigenvalue weighted by Gasteiger charge is 2.07. The topological polar surface area (TPSA) is 55.5 Å². The van der Waals surface area contributed by atoms with Gasteiger partial charge >= 0.3 is 0 Å². The van der Waals surface area contributed by atoms with Gasteiger partial charge in [0.05, 0.1) is 6.04 Å². The summed E-state index contributed by atoms with van der Waals surface area (Å²) in [6.45, 7) is 0.323. The molecule has 2 aromatic carbocycles. The fourth-order valence-corrected chi connectivity index (χ4v) is 1.77. The highest BCUT2D eigenvalue weighted by atomic mass is 35.5. The van der Waals surface area contributed by atoms with Crippen molar-refractivity contribution < 1.29 is 9.84 Å². The summed E-state index contributed by atoms with van der Waals surface area (Å²) in [5, 5.41) is 9.99. The van der Waals surface area contributed by atoms with Crippen LogP contribution in [0.15, 0.2) is 48.5 Å². The van der Waals surface area contributed by atoms with E-state index in [0.717, 1.165) is 5.56 Å². The predicted molar refractivity (Wildman–Crippen MR) is 72.0 cm³/mol. The van der Waals surface area contributed by atoms with Crippen molar-refractivity contribution >= 4 is 11.6 Å². The van der Waals surface area contributed by atoms with Crippen LogP contribution >= 0.6 is 11.6 Å². The third-order valence-corrected chi connectivity index (χ3v) is 2.76. The molecule has 2 rings (SSSR count). The van der Waals surface area contributed by atoms with E-state index in [1.165, 1.54) is 0 Å². The standard InChI is InChI=1S/C14H14ClNO2/c15-11-4-2-6-13(8-11)18-9-14(16)10-3-1-5-12(17)7-10/h1-8,14,17H,9,16H2. The van der Waals surface area contributed by atoms with Crippen LogP contribution in [0.3, 0.4) is 0 Å². The summed E-state index contributed by atoms with van der Waals surface area (Å²) in [5.74, 6) is 0.879. The van der Waals surface area contributed by atoms with Crippen molar-refractivity contribution in [1.29, 1.82) is 0 Å². The van der Waals surface area contributed by atoms with Gasteiger partial charge < -0.3 is 15.6 Å². The second-order valence-corrected chi connectivity index (χ2v) is 4.41. The predicted octanol–water partition coefficient (Wildman–Crippen LogP) is 3.12. The number of phenols is 1. The average molecular weight is 264 g/mol. The van der Waals surface area contributed by atoms with E-state index in [2.05, 4.69) is 0 Å². The van der Waals surface area contributed by atoms with E-state index in [9.17, 15) is 5.11 Å². The first-order valence-electron chi connectivity index (χ1n) is 5.58. The minimum absolute atomic E-state index is 0.200. The van der Waals surface area contributed by atoms with Gasteiger partial charge in [-0.15, -0.1) is 0 Å². The summed E-state index contributed by atoms with van der Waals surface area (Å²) in [6, 6.07) is 13.7. The van der Waals surface area contributed by atoms with Crippen molar-refractivity contribution in [3.63, 3.8) is 0 Å². The largest absolute Gasteiger partial charge is 0.508 e. The SMILES string of the molecule is NC(COc1cccc(Cl)c1)c1cccc(O)c1. The summed E-state index contributed by atoms with van der Waals surface area (Å²) in [7, 11) is 0. The summed E-state index contributed by atoms with van der Waals surface area (Å²) >= 11 is 5.85. The van der Waals surface area contributed by atoms with E-state index in [1.807, 2.05) is 18.2 Å². The van der Waals surface area contributed by atoms with Crippen molar-refractivity contribution in [2.24, 2.45) is 5.73 Å². The number of hydrogen-bond acceptors (Lipinski definition) is 3. The molecule has 0 aliphatic heterocycles. The van der Waals surface area contributed by atoms with Crippen LogP contribution in [0.2, 0.25) is 5.02 Å². The number of nitrogens with two attached hydrogens (primary N) is 1. The molecule has 1 unspecified atom stereocenters. The van der Waals surface area contributed by atoms with Crippen molar-refractivity contribution in [1.82, 2.24) is 0 Å². The maximum Gasteiger partial charge on any atom is 0.120 e. The molecule has 0 radical (unpaired) electrons. The van der Waals surface area contributed by atoms with Gasteiger partial charge in [0.25, 0.3) is 0 Å². The Morgan fingerprint density at radius 2 is 1.94 bits per heavy atom. The molecule has 0 saturated carbocycles. The Kier molecular flexibility index (Phi) is 4.07. The van der Waals surface area contributed by atoms with Crippen molar-refractivity contribution in [2.45, 2.75) is 6.04 Å². The number of hydrogen-bond donors (Lipinski definition) is 2. The zero-order chi connectivity index (χ0) is 13.0. The van der Waals surface area contributed by atoms with Gasteiger partial charge in [0.1, 0.15) is 18.1 Å². The molecule has 4 heteroatoms. The first-order valence-corrected chi connectivity index (χ1v) is 5.96. The molecule has 0 aliphatic carbocycles. The molecule has 0 aromatic heterocycles.